The number of hydrogen-bond acceptors (Lipinski definition) is 3. The minimum absolute atomic E-state index is 0.0229. The maximum absolute atomic E-state index is 14.4. The maximum atomic E-state index is 14.4. The van der Waals surface area contributed by atoms with Crippen LogP contribution in [0.25, 0.3) is 11.1 Å². The first kappa shape index (κ1) is 19.7. The molecule has 3 aromatic carbocycles. The summed E-state index contributed by atoms with van der Waals surface area (Å²) in [4.78, 5) is 12.7. The number of benzene rings is 3. The summed E-state index contributed by atoms with van der Waals surface area (Å²) in [6.45, 7) is 0.0955. The third-order valence-electron chi connectivity index (χ3n) is 6.29. The standard InChI is InChI=1S/C25H21F2NO3/c26-21-10-5-11-22(27)23(21)25(12-15(29)13-25)28-24(30)31-14-20-18-8-3-1-6-16(18)17-7-2-4-9-19(17)20/h1-11,15,20,29H,12-14H2,(H,28,30). The molecule has 0 radical (unpaired) electrons. The smallest absolute Gasteiger partial charge is 0.407 e. The van der Waals surface area contributed by atoms with Gasteiger partial charge in [0.2, 0.25) is 0 Å². The van der Waals surface area contributed by atoms with Gasteiger partial charge in [-0.3, -0.25) is 0 Å². The van der Waals surface area contributed by atoms with Gasteiger partial charge in [0, 0.05) is 24.3 Å². The molecule has 0 atom stereocenters. The SMILES string of the molecule is O=C(NC1(c2c(F)cccc2F)CC(O)C1)OCC1c2ccccc2-c2ccccc21. The molecular weight excluding hydrogens is 400 g/mol. The molecule has 4 nitrogen and oxygen atoms in total. The summed E-state index contributed by atoms with van der Waals surface area (Å²) < 4.78 is 34.3. The molecule has 0 aliphatic heterocycles. The quantitative estimate of drug-likeness (QED) is 0.633. The first-order valence-corrected chi connectivity index (χ1v) is 10.2. The van der Waals surface area contributed by atoms with Gasteiger partial charge in [0.1, 0.15) is 18.2 Å². The topological polar surface area (TPSA) is 58.6 Å². The van der Waals surface area contributed by atoms with Gasteiger partial charge >= 0.3 is 6.09 Å². The highest BCUT2D eigenvalue weighted by Crippen LogP contribution is 2.45. The molecule has 2 aliphatic carbocycles. The zero-order chi connectivity index (χ0) is 21.6. The van der Waals surface area contributed by atoms with Gasteiger partial charge in [-0.25, -0.2) is 13.6 Å². The number of nitrogens with one attached hydrogen (secondary N) is 1. The Morgan fingerprint density at radius 1 is 0.935 bits per heavy atom. The van der Waals surface area contributed by atoms with Gasteiger partial charge in [0.25, 0.3) is 0 Å². The van der Waals surface area contributed by atoms with E-state index >= 15 is 0 Å². The highest BCUT2D eigenvalue weighted by Gasteiger charge is 2.49. The van der Waals surface area contributed by atoms with E-state index in [9.17, 15) is 18.7 Å². The average Bonchev–Trinajstić information content (AvgIpc) is 3.05. The van der Waals surface area contributed by atoms with Gasteiger partial charge < -0.3 is 15.2 Å². The van der Waals surface area contributed by atoms with Crippen LogP contribution >= 0.6 is 0 Å². The summed E-state index contributed by atoms with van der Waals surface area (Å²) >= 11 is 0. The van der Waals surface area contributed by atoms with Crippen LogP contribution in [-0.2, 0) is 10.3 Å². The molecule has 0 spiro atoms. The molecule has 0 saturated heterocycles. The molecular formula is C25H21F2NO3. The third-order valence-corrected chi connectivity index (χ3v) is 6.29. The lowest BCUT2D eigenvalue weighted by molar-refractivity contribution is -0.00501. The molecule has 1 fully saturated rings. The Kier molecular flexibility index (Phi) is 4.74. The zero-order valence-corrected chi connectivity index (χ0v) is 16.6. The van der Waals surface area contributed by atoms with Crippen molar-refractivity contribution in [3.63, 3.8) is 0 Å². The van der Waals surface area contributed by atoms with Crippen LogP contribution in [0.2, 0.25) is 0 Å². The predicted octanol–water partition coefficient (Wildman–Crippen LogP) is 4.85. The molecule has 6 heteroatoms. The molecule has 3 aromatic rings. The second kappa shape index (κ2) is 7.46. The van der Waals surface area contributed by atoms with E-state index in [-0.39, 0.29) is 30.9 Å². The van der Waals surface area contributed by atoms with Crippen molar-refractivity contribution in [1.29, 1.82) is 0 Å². The van der Waals surface area contributed by atoms with Crippen molar-refractivity contribution < 1.29 is 23.4 Å². The monoisotopic (exact) mass is 421 g/mol. The van der Waals surface area contributed by atoms with Crippen molar-refractivity contribution in [1.82, 2.24) is 5.32 Å². The van der Waals surface area contributed by atoms with E-state index in [2.05, 4.69) is 5.32 Å². The molecule has 158 valence electrons. The van der Waals surface area contributed by atoms with E-state index in [0.717, 1.165) is 34.4 Å². The summed E-state index contributed by atoms with van der Waals surface area (Å²) in [7, 11) is 0. The lowest BCUT2D eigenvalue weighted by Gasteiger charge is -2.46. The number of amides is 1. The lowest BCUT2D eigenvalue weighted by atomic mass is 9.69. The van der Waals surface area contributed by atoms with Gasteiger partial charge in [-0.2, -0.15) is 0 Å². The molecule has 0 aromatic heterocycles. The minimum atomic E-state index is -1.32. The number of halogens is 2. The first-order chi connectivity index (χ1) is 15.0. The number of rotatable bonds is 4. The van der Waals surface area contributed by atoms with Gasteiger partial charge in [-0.05, 0) is 34.4 Å². The Hall–Kier alpha value is -3.25. The number of aliphatic hydroxyl groups is 1. The zero-order valence-electron chi connectivity index (χ0n) is 16.6. The molecule has 2 N–H and O–H groups in total. The van der Waals surface area contributed by atoms with Crippen LogP contribution in [0.5, 0.6) is 0 Å². The second-order valence-corrected chi connectivity index (χ2v) is 8.19. The maximum Gasteiger partial charge on any atom is 0.407 e. The molecule has 1 amide bonds. The first-order valence-electron chi connectivity index (χ1n) is 10.2. The molecule has 2 aliphatic rings. The van der Waals surface area contributed by atoms with Crippen LogP contribution < -0.4 is 5.32 Å². The van der Waals surface area contributed by atoms with Crippen LogP contribution in [0.4, 0.5) is 13.6 Å². The summed E-state index contributed by atoms with van der Waals surface area (Å²) in [5, 5.41) is 12.5. The van der Waals surface area contributed by atoms with Crippen LogP contribution in [0.1, 0.15) is 35.4 Å². The van der Waals surface area contributed by atoms with E-state index in [4.69, 9.17) is 4.74 Å². The lowest BCUT2D eigenvalue weighted by Crippen LogP contribution is -2.57. The molecule has 0 unspecified atom stereocenters. The van der Waals surface area contributed by atoms with E-state index in [1.54, 1.807) is 0 Å². The number of carbonyl (C=O) groups excluding carboxylic acids is 1. The highest BCUT2D eigenvalue weighted by molar-refractivity contribution is 5.79. The van der Waals surface area contributed by atoms with Crippen molar-refractivity contribution in [2.24, 2.45) is 0 Å². The van der Waals surface area contributed by atoms with Crippen molar-refractivity contribution in [3.8, 4) is 11.1 Å². The Balaban J connectivity index is 1.36. The second-order valence-electron chi connectivity index (χ2n) is 8.19. The van der Waals surface area contributed by atoms with Gasteiger partial charge in [-0.1, -0.05) is 54.6 Å². The fourth-order valence-electron chi connectivity index (χ4n) is 4.90. The summed E-state index contributed by atoms with van der Waals surface area (Å²) in [6, 6.07) is 19.5. The van der Waals surface area contributed by atoms with Gasteiger partial charge in [-0.15, -0.1) is 0 Å². The summed E-state index contributed by atoms with van der Waals surface area (Å²) in [6.07, 6.45) is -1.46. The van der Waals surface area contributed by atoms with Crippen molar-refractivity contribution in [2.75, 3.05) is 6.61 Å². The fourth-order valence-corrected chi connectivity index (χ4v) is 4.90. The predicted molar refractivity (Wildman–Crippen MR) is 111 cm³/mol. The Bertz CT molecular complexity index is 1090. The van der Waals surface area contributed by atoms with Crippen molar-refractivity contribution in [2.45, 2.75) is 30.4 Å². The fraction of sp³-hybridized carbons (Fsp3) is 0.240. The third kappa shape index (κ3) is 3.27. The number of fused-ring (bicyclic) bond motifs is 3. The van der Waals surface area contributed by atoms with Gasteiger partial charge in [0.05, 0.1) is 11.6 Å². The largest absolute Gasteiger partial charge is 0.449 e. The molecule has 0 heterocycles. The van der Waals surface area contributed by atoms with Crippen molar-refractivity contribution in [3.05, 3.63) is 95.1 Å². The highest BCUT2D eigenvalue weighted by atomic mass is 19.1. The van der Waals surface area contributed by atoms with E-state index in [0.29, 0.717) is 0 Å². The van der Waals surface area contributed by atoms with Crippen molar-refractivity contribution >= 4 is 6.09 Å². The van der Waals surface area contributed by atoms with Gasteiger partial charge in [0.15, 0.2) is 0 Å². The number of ether oxygens (including phenoxy) is 1. The molecule has 0 bridgehead atoms. The number of alkyl carbamates (subject to hydrolysis) is 1. The molecule has 31 heavy (non-hydrogen) atoms. The number of hydrogen-bond donors (Lipinski definition) is 2. The van der Waals surface area contributed by atoms with Crippen LogP contribution in [0.15, 0.2) is 66.7 Å². The van der Waals surface area contributed by atoms with Crippen LogP contribution in [0.3, 0.4) is 0 Å². The molecule has 5 rings (SSSR count). The summed E-state index contributed by atoms with van der Waals surface area (Å²) in [5.74, 6) is -1.64. The van der Waals surface area contributed by atoms with E-state index in [1.165, 1.54) is 6.07 Å². The molecule has 1 saturated carbocycles. The number of aliphatic hydroxyl groups excluding tert-OH is 1. The number of carbonyl (C=O) groups is 1. The normalized spacial score (nSPS) is 21.7. The minimum Gasteiger partial charge on any atom is -0.449 e. The summed E-state index contributed by atoms with van der Waals surface area (Å²) in [5.41, 5.74) is 2.81. The Morgan fingerprint density at radius 2 is 1.48 bits per heavy atom. The Labute approximate surface area is 178 Å². The van der Waals surface area contributed by atoms with Crippen LogP contribution in [0, 0.1) is 11.6 Å². The average molecular weight is 421 g/mol. The van der Waals surface area contributed by atoms with E-state index < -0.39 is 29.4 Å². The van der Waals surface area contributed by atoms with Crippen LogP contribution in [-0.4, -0.2) is 23.9 Å². The Morgan fingerprint density at radius 3 is 2.03 bits per heavy atom. The van der Waals surface area contributed by atoms with E-state index in [1.807, 2.05) is 48.5 Å².